The van der Waals surface area contributed by atoms with Gasteiger partial charge in [0.1, 0.15) is 10.6 Å². The van der Waals surface area contributed by atoms with Gasteiger partial charge in [-0.25, -0.2) is 4.98 Å². The van der Waals surface area contributed by atoms with Gasteiger partial charge in [0.25, 0.3) is 5.91 Å². The van der Waals surface area contributed by atoms with Crippen molar-refractivity contribution >= 4 is 17.2 Å². The number of furan rings is 1. The van der Waals surface area contributed by atoms with Crippen LogP contribution in [0.3, 0.4) is 0 Å². The number of aromatic nitrogens is 1. The number of nitrogens with zero attached hydrogens (tertiary/aromatic N) is 2. The summed E-state index contributed by atoms with van der Waals surface area (Å²) in [4.78, 5) is 20.0. The Kier molecular flexibility index (Phi) is 4.90. The topological polar surface area (TPSA) is 58.4 Å². The summed E-state index contributed by atoms with van der Waals surface area (Å²) >= 11 is 1.51. The molecule has 118 valence electrons. The summed E-state index contributed by atoms with van der Waals surface area (Å²) in [5, 5.41) is 3.93. The van der Waals surface area contributed by atoms with Crippen LogP contribution in [0.25, 0.3) is 0 Å². The fourth-order valence-electron chi connectivity index (χ4n) is 2.69. The molecule has 3 heterocycles. The van der Waals surface area contributed by atoms with E-state index < -0.39 is 0 Å². The summed E-state index contributed by atoms with van der Waals surface area (Å²) in [6.45, 7) is 5.74. The Bertz CT molecular complexity index is 615. The van der Waals surface area contributed by atoms with Crippen molar-refractivity contribution < 1.29 is 9.21 Å². The fourth-order valence-corrected chi connectivity index (χ4v) is 3.66. The van der Waals surface area contributed by atoms with E-state index in [1.165, 1.54) is 37.3 Å². The normalized spacial score (nSPS) is 15.3. The number of aryl methyl sites for hydroxylation is 1. The van der Waals surface area contributed by atoms with E-state index in [4.69, 9.17) is 4.42 Å². The minimum absolute atomic E-state index is 0.0705. The molecule has 6 heteroatoms. The van der Waals surface area contributed by atoms with E-state index in [-0.39, 0.29) is 5.91 Å². The molecule has 0 aliphatic carbocycles. The third-order valence-corrected chi connectivity index (χ3v) is 5.11. The van der Waals surface area contributed by atoms with Gasteiger partial charge in [-0.05, 0) is 45.0 Å². The molecular formula is C16H21N3O2S. The lowest BCUT2D eigenvalue weighted by Crippen LogP contribution is -2.22. The van der Waals surface area contributed by atoms with E-state index >= 15 is 0 Å². The average molecular weight is 319 g/mol. The van der Waals surface area contributed by atoms with Crippen molar-refractivity contribution in [1.29, 1.82) is 0 Å². The summed E-state index contributed by atoms with van der Waals surface area (Å²) in [6.07, 6.45) is 5.14. The van der Waals surface area contributed by atoms with Crippen molar-refractivity contribution in [3.8, 4) is 0 Å². The minimum Gasteiger partial charge on any atom is -0.467 e. The van der Waals surface area contributed by atoms with E-state index in [0.717, 1.165) is 29.4 Å². The first-order chi connectivity index (χ1) is 10.7. The Morgan fingerprint density at radius 1 is 1.45 bits per heavy atom. The molecule has 3 rings (SSSR count). The molecule has 2 aromatic heterocycles. The number of amides is 1. The highest BCUT2D eigenvalue weighted by Crippen LogP contribution is 2.19. The zero-order valence-corrected chi connectivity index (χ0v) is 13.6. The van der Waals surface area contributed by atoms with Crippen LogP contribution in [-0.2, 0) is 13.0 Å². The van der Waals surface area contributed by atoms with Gasteiger partial charge in [0.2, 0.25) is 0 Å². The van der Waals surface area contributed by atoms with E-state index in [0.29, 0.717) is 11.4 Å². The van der Waals surface area contributed by atoms with Crippen LogP contribution in [0.5, 0.6) is 0 Å². The Balaban J connectivity index is 1.55. The van der Waals surface area contributed by atoms with Crippen molar-refractivity contribution in [1.82, 2.24) is 15.2 Å². The third-order valence-electron chi connectivity index (χ3n) is 3.89. The molecule has 0 radical (unpaired) electrons. The molecule has 1 aliphatic rings. The summed E-state index contributed by atoms with van der Waals surface area (Å²) in [6, 6.07) is 3.66. The van der Waals surface area contributed by atoms with Crippen molar-refractivity contribution in [2.45, 2.75) is 32.7 Å². The van der Waals surface area contributed by atoms with Crippen LogP contribution in [-0.4, -0.2) is 35.4 Å². The molecule has 5 nitrogen and oxygen atoms in total. The number of carbonyl (C=O) groups is 1. The molecule has 1 amide bonds. The van der Waals surface area contributed by atoms with Crippen LogP contribution in [0.15, 0.2) is 22.8 Å². The quantitative estimate of drug-likeness (QED) is 0.889. The molecule has 1 N–H and O–H groups in total. The zero-order chi connectivity index (χ0) is 15.4. The molecular weight excluding hydrogens is 298 g/mol. The van der Waals surface area contributed by atoms with Crippen LogP contribution < -0.4 is 5.32 Å². The van der Waals surface area contributed by atoms with Gasteiger partial charge in [-0.15, -0.1) is 11.3 Å². The van der Waals surface area contributed by atoms with Gasteiger partial charge < -0.3 is 14.6 Å². The molecule has 0 bridgehead atoms. The maximum atomic E-state index is 12.2. The molecule has 0 atom stereocenters. The fraction of sp³-hybridized carbons (Fsp3) is 0.500. The maximum absolute atomic E-state index is 12.2. The highest BCUT2D eigenvalue weighted by molar-refractivity contribution is 7.13. The predicted molar refractivity (Wildman–Crippen MR) is 86.1 cm³/mol. The number of hydrogen-bond acceptors (Lipinski definition) is 5. The first-order valence-electron chi connectivity index (χ1n) is 7.71. The monoisotopic (exact) mass is 319 g/mol. The summed E-state index contributed by atoms with van der Waals surface area (Å²) in [7, 11) is 0. The number of thiazole rings is 1. The number of carbonyl (C=O) groups excluding carboxylic acids is 1. The summed E-state index contributed by atoms with van der Waals surface area (Å²) in [5.74, 6) is 0.684. The van der Waals surface area contributed by atoms with Crippen molar-refractivity contribution in [2.75, 3.05) is 19.6 Å². The third kappa shape index (κ3) is 3.75. The zero-order valence-electron chi connectivity index (χ0n) is 12.8. The van der Waals surface area contributed by atoms with E-state index in [1.807, 2.05) is 19.1 Å². The predicted octanol–water partition coefficient (Wildman–Crippen LogP) is 2.61. The second-order valence-corrected chi connectivity index (χ2v) is 6.67. The van der Waals surface area contributed by atoms with Crippen LogP contribution in [0.1, 0.15) is 39.0 Å². The van der Waals surface area contributed by atoms with Crippen molar-refractivity contribution in [3.05, 3.63) is 39.7 Å². The molecule has 22 heavy (non-hydrogen) atoms. The number of likely N-dealkylation sites (tertiary alicyclic amines) is 1. The van der Waals surface area contributed by atoms with Gasteiger partial charge in [-0.1, -0.05) is 0 Å². The number of nitrogens with one attached hydrogen (secondary N) is 1. The largest absolute Gasteiger partial charge is 0.467 e. The minimum atomic E-state index is -0.0705. The maximum Gasteiger partial charge on any atom is 0.263 e. The van der Waals surface area contributed by atoms with Crippen molar-refractivity contribution in [2.24, 2.45) is 0 Å². The number of hydrogen-bond donors (Lipinski definition) is 1. The molecule has 0 aromatic carbocycles. The van der Waals surface area contributed by atoms with Crippen molar-refractivity contribution in [3.63, 3.8) is 0 Å². The van der Waals surface area contributed by atoms with Gasteiger partial charge in [-0.2, -0.15) is 0 Å². The van der Waals surface area contributed by atoms with Gasteiger partial charge in [0.15, 0.2) is 0 Å². The smallest absolute Gasteiger partial charge is 0.263 e. The highest BCUT2D eigenvalue weighted by atomic mass is 32.1. The van der Waals surface area contributed by atoms with Crippen LogP contribution in [0.4, 0.5) is 0 Å². The van der Waals surface area contributed by atoms with E-state index in [1.54, 1.807) is 6.26 Å². The number of rotatable bonds is 6. The lowest BCUT2D eigenvalue weighted by atomic mass is 10.3. The lowest BCUT2D eigenvalue weighted by Gasteiger charge is -2.12. The first kappa shape index (κ1) is 15.2. The molecule has 0 saturated carbocycles. The first-order valence-corrected chi connectivity index (χ1v) is 8.53. The Morgan fingerprint density at radius 2 is 2.27 bits per heavy atom. The van der Waals surface area contributed by atoms with E-state index in [2.05, 4.69) is 15.2 Å². The van der Waals surface area contributed by atoms with Gasteiger partial charge in [0.05, 0.1) is 23.5 Å². The van der Waals surface area contributed by atoms with Gasteiger partial charge in [0, 0.05) is 13.0 Å². The molecule has 1 fully saturated rings. The summed E-state index contributed by atoms with van der Waals surface area (Å²) < 4.78 is 5.22. The van der Waals surface area contributed by atoms with Crippen LogP contribution in [0.2, 0.25) is 0 Å². The SMILES string of the molecule is Cc1nc(CCN2CCCC2)sc1C(=O)NCc1ccco1. The van der Waals surface area contributed by atoms with Crippen LogP contribution in [0, 0.1) is 6.92 Å². The average Bonchev–Trinajstić information content (AvgIpc) is 3.24. The van der Waals surface area contributed by atoms with Gasteiger partial charge >= 0.3 is 0 Å². The van der Waals surface area contributed by atoms with E-state index in [9.17, 15) is 4.79 Å². The standard InChI is InChI=1S/C16H21N3O2S/c1-12-15(16(20)17-11-13-5-4-10-21-13)22-14(18-12)6-9-19-7-2-3-8-19/h4-5,10H,2-3,6-9,11H2,1H3,(H,17,20). The molecule has 0 unspecified atom stereocenters. The highest BCUT2D eigenvalue weighted by Gasteiger charge is 2.17. The Hall–Kier alpha value is -1.66. The van der Waals surface area contributed by atoms with Crippen LogP contribution >= 0.6 is 11.3 Å². The molecule has 0 spiro atoms. The Morgan fingerprint density at radius 3 is 3.00 bits per heavy atom. The molecule has 1 saturated heterocycles. The molecule has 2 aromatic rings. The Labute approximate surface area is 134 Å². The second-order valence-electron chi connectivity index (χ2n) is 5.58. The lowest BCUT2D eigenvalue weighted by molar-refractivity contribution is 0.0951. The second kappa shape index (κ2) is 7.07. The summed E-state index contributed by atoms with van der Waals surface area (Å²) in [5.41, 5.74) is 0.818. The van der Waals surface area contributed by atoms with Gasteiger partial charge in [-0.3, -0.25) is 4.79 Å². The molecule has 1 aliphatic heterocycles.